The van der Waals surface area contributed by atoms with Gasteiger partial charge in [-0.2, -0.15) is 0 Å². The average molecular weight is 550 g/mol. The molecule has 9 nitrogen and oxygen atoms in total. The second-order valence-corrected chi connectivity index (χ2v) is 10.4. The number of likely N-dealkylation sites (tertiary alicyclic amines) is 1. The molecule has 1 amide bonds. The van der Waals surface area contributed by atoms with Gasteiger partial charge in [0.25, 0.3) is 5.91 Å². The van der Waals surface area contributed by atoms with Crippen molar-refractivity contribution in [2.75, 3.05) is 26.3 Å². The molecule has 4 rings (SSSR count). The number of aromatic nitrogens is 1. The van der Waals surface area contributed by atoms with Gasteiger partial charge in [0.1, 0.15) is 22.9 Å². The molecule has 40 heavy (non-hydrogen) atoms. The Balaban J connectivity index is 1.37. The maximum Gasteiger partial charge on any atom is 0.347 e. The van der Waals surface area contributed by atoms with Gasteiger partial charge in [-0.15, -0.1) is 0 Å². The highest BCUT2D eigenvalue weighted by atomic mass is 16.5. The van der Waals surface area contributed by atoms with E-state index in [-0.39, 0.29) is 11.9 Å². The second kappa shape index (κ2) is 12.9. The number of benzene rings is 2. The Kier molecular flexibility index (Phi) is 9.37. The summed E-state index contributed by atoms with van der Waals surface area (Å²) in [6, 6.07) is 14.8. The third-order valence-corrected chi connectivity index (χ3v) is 6.88. The molecular weight excluding hydrogens is 510 g/mol. The van der Waals surface area contributed by atoms with Crippen molar-refractivity contribution >= 4 is 11.9 Å². The number of hydrogen-bond acceptors (Lipinski definition) is 6. The van der Waals surface area contributed by atoms with E-state index in [1.807, 2.05) is 42.9 Å². The van der Waals surface area contributed by atoms with E-state index in [1.54, 1.807) is 24.3 Å². The lowest BCUT2D eigenvalue weighted by Gasteiger charge is -2.32. The number of hydrogen-bond donors (Lipinski definition) is 2. The average Bonchev–Trinajstić information content (AvgIpc) is 3.44. The van der Waals surface area contributed by atoms with E-state index in [4.69, 9.17) is 14.2 Å². The van der Waals surface area contributed by atoms with Gasteiger partial charge in [0.2, 0.25) is 0 Å². The fourth-order valence-electron chi connectivity index (χ4n) is 4.80. The molecule has 3 aromatic rings. The van der Waals surface area contributed by atoms with Gasteiger partial charge in [-0.3, -0.25) is 9.69 Å². The van der Waals surface area contributed by atoms with Crippen LogP contribution < -0.4 is 19.5 Å². The zero-order valence-electron chi connectivity index (χ0n) is 23.7. The minimum absolute atomic E-state index is 0.0536. The number of carbonyl (C=O) groups is 2. The van der Waals surface area contributed by atoms with Gasteiger partial charge in [0.15, 0.2) is 5.60 Å². The first-order valence-electron chi connectivity index (χ1n) is 13.8. The molecule has 2 aromatic carbocycles. The first kappa shape index (κ1) is 29.0. The fourth-order valence-corrected chi connectivity index (χ4v) is 4.80. The lowest BCUT2D eigenvalue weighted by molar-refractivity contribution is -0.152. The van der Waals surface area contributed by atoms with Crippen LogP contribution in [-0.2, 0) is 11.3 Å². The summed E-state index contributed by atoms with van der Waals surface area (Å²) in [6.45, 7) is 10.5. The predicted octanol–water partition coefficient (Wildman–Crippen LogP) is 4.91. The molecule has 1 aliphatic heterocycles. The minimum Gasteiger partial charge on any atom is -0.492 e. The highest BCUT2D eigenvalue weighted by Gasteiger charge is 2.30. The maximum atomic E-state index is 12.9. The highest BCUT2D eigenvalue weighted by Crippen LogP contribution is 2.35. The number of piperidine rings is 1. The van der Waals surface area contributed by atoms with Gasteiger partial charge in [0.05, 0.1) is 13.2 Å². The molecule has 0 aliphatic carbocycles. The van der Waals surface area contributed by atoms with Crippen molar-refractivity contribution in [3.05, 3.63) is 72.1 Å². The quantitative estimate of drug-likeness (QED) is 0.331. The fraction of sp³-hybridized carbons (Fsp3) is 0.419. The van der Waals surface area contributed by atoms with Crippen LogP contribution in [0.25, 0.3) is 5.69 Å². The zero-order chi connectivity index (χ0) is 28.7. The van der Waals surface area contributed by atoms with Crippen molar-refractivity contribution < 1.29 is 28.9 Å². The van der Waals surface area contributed by atoms with E-state index in [9.17, 15) is 14.7 Å². The van der Waals surface area contributed by atoms with Crippen molar-refractivity contribution in [3.63, 3.8) is 0 Å². The van der Waals surface area contributed by atoms with Crippen LogP contribution in [0, 0.1) is 0 Å². The number of ether oxygens (including phenoxy) is 3. The van der Waals surface area contributed by atoms with Crippen LogP contribution in [0.2, 0.25) is 0 Å². The molecule has 0 atom stereocenters. The summed E-state index contributed by atoms with van der Waals surface area (Å²) >= 11 is 0. The van der Waals surface area contributed by atoms with Crippen LogP contribution >= 0.6 is 0 Å². The Morgan fingerprint density at radius 3 is 2.17 bits per heavy atom. The Morgan fingerprint density at radius 1 is 0.975 bits per heavy atom. The number of aliphatic carboxylic acids is 1. The Hall–Kier alpha value is -3.98. The molecule has 0 saturated carbocycles. The Morgan fingerprint density at radius 2 is 1.60 bits per heavy atom. The van der Waals surface area contributed by atoms with Crippen LogP contribution in [0.1, 0.15) is 56.5 Å². The molecule has 2 N–H and O–H groups in total. The number of nitrogens with one attached hydrogen (secondary N) is 1. The molecule has 0 bridgehead atoms. The maximum absolute atomic E-state index is 12.9. The molecular formula is C31H39N3O6. The molecule has 0 radical (unpaired) electrons. The smallest absolute Gasteiger partial charge is 0.347 e. The number of carbonyl (C=O) groups excluding carboxylic acids is 1. The van der Waals surface area contributed by atoms with Crippen molar-refractivity contribution in [1.82, 2.24) is 14.8 Å². The molecule has 214 valence electrons. The molecule has 1 saturated heterocycles. The van der Waals surface area contributed by atoms with E-state index >= 15 is 0 Å². The van der Waals surface area contributed by atoms with Crippen LogP contribution in [0.3, 0.4) is 0 Å². The lowest BCUT2D eigenvalue weighted by Crippen LogP contribution is -2.44. The summed E-state index contributed by atoms with van der Waals surface area (Å²) in [7, 11) is 0. The first-order valence-corrected chi connectivity index (χ1v) is 13.8. The summed E-state index contributed by atoms with van der Waals surface area (Å²) < 4.78 is 19.6. The summed E-state index contributed by atoms with van der Waals surface area (Å²) in [5, 5.41) is 12.4. The molecule has 1 aromatic heterocycles. The minimum atomic E-state index is -1.39. The standard InChI is InChI=1S/C31H39N3O6/c1-5-38-26-18-22(19-27(39-6-2)28(26)34-14-7-8-15-34)21-33-16-12-24(13-17-33)32-29(35)23-10-9-11-25(20-23)40-31(3,4)30(36)37/h7-11,14-15,18-20,24H,5-6,12-13,16-17,21H2,1-4H3,(H,32,35)(H,36,37). The molecule has 0 spiro atoms. The van der Waals surface area contributed by atoms with E-state index < -0.39 is 11.6 Å². The van der Waals surface area contributed by atoms with E-state index in [0.717, 1.165) is 55.2 Å². The Bertz CT molecular complexity index is 1270. The molecule has 2 heterocycles. The van der Waals surface area contributed by atoms with Gasteiger partial charge < -0.3 is 29.2 Å². The summed E-state index contributed by atoms with van der Waals surface area (Å²) in [4.78, 5) is 26.7. The monoisotopic (exact) mass is 549 g/mol. The van der Waals surface area contributed by atoms with E-state index in [2.05, 4.69) is 22.3 Å². The number of amides is 1. The molecule has 9 heteroatoms. The van der Waals surface area contributed by atoms with Crippen molar-refractivity contribution in [1.29, 1.82) is 0 Å². The molecule has 0 unspecified atom stereocenters. The van der Waals surface area contributed by atoms with Crippen molar-refractivity contribution in [2.45, 2.75) is 58.7 Å². The second-order valence-electron chi connectivity index (χ2n) is 10.4. The van der Waals surface area contributed by atoms with Crippen LogP contribution in [0.5, 0.6) is 17.2 Å². The largest absolute Gasteiger partial charge is 0.492 e. The van der Waals surface area contributed by atoms with Crippen LogP contribution in [-0.4, -0.2) is 64.4 Å². The van der Waals surface area contributed by atoms with Gasteiger partial charge in [-0.05, 0) is 88.6 Å². The Labute approximate surface area is 235 Å². The third-order valence-electron chi connectivity index (χ3n) is 6.88. The van der Waals surface area contributed by atoms with Gasteiger partial charge in [-0.1, -0.05) is 6.07 Å². The van der Waals surface area contributed by atoms with Crippen LogP contribution in [0.4, 0.5) is 0 Å². The number of nitrogens with zero attached hydrogens (tertiary/aromatic N) is 2. The van der Waals surface area contributed by atoms with Gasteiger partial charge >= 0.3 is 5.97 Å². The summed E-state index contributed by atoms with van der Waals surface area (Å²) in [6.07, 6.45) is 5.62. The first-order chi connectivity index (χ1) is 19.2. The number of carboxylic acids is 1. The van der Waals surface area contributed by atoms with Gasteiger partial charge in [0, 0.05) is 43.6 Å². The van der Waals surface area contributed by atoms with E-state index in [1.165, 1.54) is 13.8 Å². The normalized spacial score (nSPS) is 14.5. The summed E-state index contributed by atoms with van der Waals surface area (Å²) in [5.41, 5.74) is 1.07. The molecule has 1 aliphatic rings. The highest BCUT2D eigenvalue weighted by molar-refractivity contribution is 5.94. The van der Waals surface area contributed by atoms with Crippen LogP contribution in [0.15, 0.2) is 60.9 Å². The summed E-state index contributed by atoms with van der Waals surface area (Å²) in [5.74, 6) is 0.657. The number of carboxylic acid groups (broad SMARTS) is 1. The SMILES string of the molecule is CCOc1cc(CN2CCC(NC(=O)c3cccc(OC(C)(C)C(=O)O)c3)CC2)cc(OCC)c1-n1cccc1. The van der Waals surface area contributed by atoms with Crippen molar-refractivity contribution in [3.8, 4) is 22.9 Å². The van der Waals surface area contributed by atoms with Crippen molar-refractivity contribution in [2.24, 2.45) is 0 Å². The number of rotatable bonds is 12. The zero-order valence-corrected chi connectivity index (χ0v) is 23.7. The molecule has 1 fully saturated rings. The predicted molar refractivity (Wildman–Crippen MR) is 153 cm³/mol. The third kappa shape index (κ3) is 7.15. The van der Waals surface area contributed by atoms with E-state index in [0.29, 0.717) is 24.5 Å². The lowest BCUT2D eigenvalue weighted by atomic mass is 10.0. The topological polar surface area (TPSA) is 102 Å². The van der Waals surface area contributed by atoms with Gasteiger partial charge in [-0.25, -0.2) is 4.79 Å².